The van der Waals surface area contributed by atoms with Crippen LogP contribution in [0, 0.1) is 0 Å². The summed E-state index contributed by atoms with van der Waals surface area (Å²) in [5, 5.41) is 0. The number of ketones is 1. The van der Waals surface area contributed by atoms with Crippen molar-refractivity contribution in [1.29, 1.82) is 0 Å². The Balaban J connectivity index is 1.94. The molecule has 2 aromatic rings. The lowest BCUT2D eigenvalue weighted by atomic mass is 10.1. The van der Waals surface area contributed by atoms with E-state index in [2.05, 4.69) is 19.1 Å². The molecule has 1 aromatic carbocycles. The largest absolute Gasteiger partial charge is 0.399 e. The third-order valence-electron chi connectivity index (χ3n) is 2.82. The van der Waals surface area contributed by atoms with Crippen LogP contribution in [0.15, 0.2) is 36.4 Å². The molecule has 0 saturated carbocycles. The molecule has 1 aromatic heterocycles. The molecule has 0 amide bonds. The number of rotatable bonds is 5. The summed E-state index contributed by atoms with van der Waals surface area (Å²) in [7, 11) is 0. The molecule has 0 aliphatic heterocycles. The molecule has 0 spiro atoms. The van der Waals surface area contributed by atoms with Crippen molar-refractivity contribution in [2.24, 2.45) is 0 Å². The fraction of sp³-hybridized carbons (Fsp3) is 0.267. The number of aryl methyl sites for hydroxylation is 1. The van der Waals surface area contributed by atoms with E-state index in [1.807, 2.05) is 24.3 Å². The molecule has 2 nitrogen and oxygen atoms in total. The van der Waals surface area contributed by atoms with Crippen molar-refractivity contribution in [2.45, 2.75) is 26.2 Å². The van der Waals surface area contributed by atoms with E-state index in [9.17, 15) is 4.79 Å². The molecule has 1 heterocycles. The van der Waals surface area contributed by atoms with Gasteiger partial charge in [-0.05, 0) is 36.2 Å². The van der Waals surface area contributed by atoms with Crippen molar-refractivity contribution in [2.75, 3.05) is 5.73 Å². The van der Waals surface area contributed by atoms with E-state index in [1.54, 1.807) is 11.3 Å². The van der Waals surface area contributed by atoms with Gasteiger partial charge in [0.05, 0.1) is 0 Å². The predicted octanol–water partition coefficient (Wildman–Crippen LogP) is 3.25. The van der Waals surface area contributed by atoms with Crippen LogP contribution < -0.4 is 5.73 Å². The number of hydrogen-bond acceptors (Lipinski definition) is 3. The number of hydrogen-bond donors (Lipinski definition) is 1. The summed E-state index contributed by atoms with van der Waals surface area (Å²) in [5.74, 6) is 0.254. The Morgan fingerprint density at radius 3 is 2.33 bits per heavy atom. The molecule has 94 valence electrons. The highest BCUT2D eigenvalue weighted by molar-refractivity contribution is 7.12. The smallest absolute Gasteiger partial charge is 0.142 e. The van der Waals surface area contributed by atoms with E-state index in [0.29, 0.717) is 12.8 Å². The predicted molar refractivity (Wildman–Crippen MR) is 77.0 cm³/mol. The number of carbonyl (C=O) groups excluding carboxylic acids is 1. The normalized spacial score (nSPS) is 10.5. The first-order valence-corrected chi connectivity index (χ1v) is 6.92. The van der Waals surface area contributed by atoms with E-state index in [-0.39, 0.29) is 5.78 Å². The number of thiophene rings is 1. The molecule has 0 saturated heterocycles. The van der Waals surface area contributed by atoms with Gasteiger partial charge in [-0.15, -0.1) is 11.3 Å². The van der Waals surface area contributed by atoms with Gasteiger partial charge in [0, 0.05) is 28.3 Å². The number of carbonyl (C=O) groups is 1. The van der Waals surface area contributed by atoms with Crippen LogP contribution in [0.25, 0.3) is 0 Å². The van der Waals surface area contributed by atoms with Crippen molar-refractivity contribution in [1.82, 2.24) is 0 Å². The summed E-state index contributed by atoms with van der Waals surface area (Å²) in [5.41, 5.74) is 7.38. The third kappa shape index (κ3) is 3.44. The number of Topliss-reactive ketones (excluding diaryl/α,β-unsaturated/α-hetero) is 1. The van der Waals surface area contributed by atoms with Crippen molar-refractivity contribution >= 4 is 22.8 Å². The highest BCUT2D eigenvalue weighted by Crippen LogP contribution is 2.18. The first-order valence-electron chi connectivity index (χ1n) is 6.11. The fourth-order valence-electron chi connectivity index (χ4n) is 1.83. The average Bonchev–Trinajstić information content (AvgIpc) is 2.79. The maximum absolute atomic E-state index is 11.9. The number of benzene rings is 1. The molecule has 0 unspecified atom stereocenters. The summed E-state index contributed by atoms with van der Waals surface area (Å²) < 4.78 is 0. The van der Waals surface area contributed by atoms with Crippen LogP contribution in [0.4, 0.5) is 5.69 Å². The lowest BCUT2D eigenvalue weighted by Crippen LogP contribution is -2.05. The van der Waals surface area contributed by atoms with Gasteiger partial charge in [0.25, 0.3) is 0 Å². The quantitative estimate of drug-likeness (QED) is 0.838. The first kappa shape index (κ1) is 12.8. The number of anilines is 1. The van der Waals surface area contributed by atoms with E-state index >= 15 is 0 Å². The third-order valence-corrected chi connectivity index (χ3v) is 4.05. The monoisotopic (exact) mass is 259 g/mol. The number of nitrogens with two attached hydrogens (primary N) is 1. The second-order valence-corrected chi connectivity index (χ2v) is 5.61. The first-order chi connectivity index (χ1) is 8.67. The SMILES string of the molecule is CCc1ccc(CC(=O)Cc2ccc(N)cc2)s1. The van der Waals surface area contributed by atoms with Crippen LogP contribution in [0.2, 0.25) is 0 Å². The molecule has 0 aliphatic carbocycles. The lowest BCUT2D eigenvalue weighted by molar-refractivity contribution is -0.117. The van der Waals surface area contributed by atoms with Crippen molar-refractivity contribution in [3.63, 3.8) is 0 Å². The second-order valence-electron chi connectivity index (χ2n) is 4.36. The van der Waals surface area contributed by atoms with Gasteiger partial charge in [0.2, 0.25) is 0 Å². The molecular weight excluding hydrogens is 242 g/mol. The molecule has 0 radical (unpaired) electrons. The van der Waals surface area contributed by atoms with Crippen molar-refractivity contribution < 1.29 is 4.79 Å². The van der Waals surface area contributed by atoms with Gasteiger partial charge in [-0.3, -0.25) is 4.79 Å². The summed E-state index contributed by atoms with van der Waals surface area (Å²) in [4.78, 5) is 14.4. The Morgan fingerprint density at radius 2 is 1.72 bits per heavy atom. The van der Waals surface area contributed by atoms with Crippen LogP contribution in [0.1, 0.15) is 22.2 Å². The van der Waals surface area contributed by atoms with Gasteiger partial charge >= 0.3 is 0 Å². The molecule has 0 aliphatic rings. The molecule has 3 heteroatoms. The van der Waals surface area contributed by atoms with Gasteiger partial charge in [-0.2, -0.15) is 0 Å². The standard InChI is InChI=1S/C15H17NOS/c1-2-14-7-8-15(18-14)10-13(17)9-11-3-5-12(16)6-4-11/h3-8H,2,9-10,16H2,1H3. The van der Waals surface area contributed by atoms with Crippen LogP contribution >= 0.6 is 11.3 Å². The minimum atomic E-state index is 0.254. The second kappa shape index (κ2) is 5.83. The zero-order valence-electron chi connectivity index (χ0n) is 10.5. The summed E-state index contributed by atoms with van der Waals surface area (Å²) in [6.07, 6.45) is 2.06. The molecule has 0 bridgehead atoms. The van der Waals surface area contributed by atoms with Crippen molar-refractivity contribution in [3.8, 4) is 0 Å². The Morgan fingerprint density at radius 1 is 1.06 bits per heavy atom. The zero-order chi connectivity index (χ0) is 13.0. The van der Waals surface area contributed by atoms with Gasteiger partial charge in [0.15, 0.2) is 0 Å². The fourth-order valence-corrected chi connectivity index (χ4v) is 2.81. The minimum Gasteiger partial charge on any atom is -0.399 e. The molecule has 18 heavy (non-hydrogen) atoms. The van der Waals surface area contributed by atoms with Crippen LogP contribution in [0.5, 0.6) is 0 Å². The van der Waals surface area contributed by atoms with Crippen LogP contribution in [-0.4, -0.2) is 5.78 Å². The maximum Gasteiger partial charge on any atom is 0.142 e. The summed E-state index contributed by atoms with van der Waals surface area (Å²) in [6, 6.07) is 11.7. The molecule has 2 rings (SSSR count). The minimum absolute atomic E-state index is 0.254. The van der Waals surface area contributed by atoms with E-state index in [1.165, 1.54) is 4.88 Å². The van der Waals surface area contributed by atoms with E-state index < -0.39 is 0 Å². The summed E-state index contributed by atoms with van der Waals surface area (Å²) >= 11 is 1.73. The molecule has 2 N–H and O–H groups in total. The molecule has 0 atom stereocenters. The van der Waals surface area contributed by atoms with Gasteiger partial charge < -0.3 is 5.73 Å². The lowest BCUT2D eigenvalue weighted by Gasteiger charge is -2.01. The highest BCUT2D eigenvalue weighted by Gasteiger charge is 2.07. The van der Waals surface area contributed by atoms with E-state index in [4.69, 9.17) is 5.73 Å². The van der Waals surface area contributed by atoms with Crippen LogP contribution in [-0.2, 0) is 24.1 Å². The highest BCUT2D eigenvalue weighted by atomic mass is 32.1. The van der Waals surface area contributed by atoms with Gasteiger partial charge in [0.1, 0.15) is 5.78 Å². The number of nitrogen functional groups attached to an aromatic ring is 1. The zero-order valence-corrected chi connectivity index (χ0v) is 11.3. The van der Waals surface area contributed by atoms with Gasteiger partial charge in [-0.1, -0.05) is 19.1 Å². The van der Waals surface area contributed by atoms with E-state index in [0.717, 1.165) is 22.5 Å². The Hall–Kier alpha value is -1.61. The topological polar surface area (TPSA) is 43.1 Å². The Labute approximate surface area is 111 Å². The van der Waals surface area contributed by atoms with Gasteiger partial charge in [-0.25, -0.2) is 0 Å². The average molecular weight is 259 g/mol. The van der Waals surface area contributed by atoms with Crippen molar-refractivity contribution in [3.05, 3.63) is 51.7 Å². The molecule has 0 fully saturated rings. The Bertz CT molecular complexity index is 528. The summed E-state index contributed by atoms with van der Waals surface area (Å²) in [6.45, 7) is 2.13. The van der Waals surface area contributed by atoms with Crippen LogP contribution in [0.3, 0.4) is 0 Å². The maximum atomic E-state index is 11.9. The molecular formula is C15H17NOS. The Kier molecular flexibility index (Phi) is 4.15.